The van der Waals surface area contributed by atoms with Gasteiger partial charge in [-0.25, -0.2) is 0 Å². The van der Waals surface area contributed by atoms with Crippen LogP contribution in [0.4, 0.5) is 0 Å². The van der Waals surface area contributed by atoms with Crippen molar-refractivity contribution in [1.82, 2.24) is 4.90 Å². The predicted octanol–water partition coefficient (Wildman–Crippen LogP) is 0.838. The molecule has 2 N–H and O–H groups in total. The van der Waals surface area contributed by atoms with E-state index in [1.54, 1.807) is 0 Å². The zero-order chi connectivity index (χ0) is 10.0. The van der Waals surface area contributed by atoms with Crippen molar-refractivity contribution in [3.63, 3.8) is 0 Å². The van der Waals surface area contributed by atoms with Gasteiger partial charge in [-0.15, -0.1) is 0 Å². The summed E-state index contributed by atoms with van der Waals surface area (Å²) < 4.78 is 0. The molecule has 76 valence electrons. The number of hydrogen-bond acceptors (Lipinski definition) is 2. The fraction of sp³-hybridized carbons (Fsp3) is 0.900. The Hall–Kier alpha value is -0.570. The van der Waals surface area contributed by atoms with Crippen LogP contribution in [0.5, 0.6) is 0 Å². The van der Waals surface area contributed by atoms with Gasteiger partial charge in [-0.1, -0.05) is 20.8 Å². The molecule has 1 aliphatic rings. The first-order valence-corrected chi connectivity index (χ1v) is 5.06. The second kappa shape index (κ2) is 4.09. The van der Waals surface area contributed by atoms with Crippen molar-refractivity contribution in [1.29, 1.82) is 0 Å². The van der Waals surface area contributed by atoms with E-state index in [0.29, 0.717) is 5.92 Å². The van der Waals surface area contributed by atoms with E-state index in [9.17, 15) is 4.79 Å². The molecular formula is C10H20N2O. The molecule has 1 saturated heterocycles. The summed E-state index contributed by atoms with van der Waals surface area (Å²) in [5.41, 5.74) is 5.79. The number of rotatable bonds is 2. The smallest absolute Gasteiger partial charge is 0.239 e. The van der Waals surface area contributed by atoms with Gasteiger partial charge in [0.2, 0.25) is 5.91 Å². The molecule has 2 atom stereocenters. The molecule has 1 heterocycles. The van der Waals surface area contributed by atoms with Crippen LogP contribution in [0.1, 0.15) is 27.2 Å². The lowest BCUT2D eigenvalue weighted by atomic mass is 10.0. The molecule has 1 amide bonds. The van der Waals surface area contributed by atoms with Gasteiger partial charge >= 0.3 is 0 Å². The number of nitrogens with zero attached hydrogens (tertiary/aromatic N) is 1. The summed E-state index contributed by atoms with van der Waals surface area (Å²) >= 11 is 0. The Morgan fingerprint density at radius 3 is 2.54 bits per heavy atom. The topological polar surface area (TPSA) is 46.3 Å². The van der Waals surface area contributed by atoms with Gasteiger partial charge in [0.25, 0.3) is 0 Å². The third kappa shape index (κ3) is 2.44. The highest BCUT2D eigenvalue weighted by Gasteiger charge is 2.28. The number of amides is 1. The van der Waals surface area contributed by atoms with Crippen LogP contribution in [0.15, 0.2) is 0 Å². The fourth-order valence-corrected chi connectivity index (χ4v) is 1.63. The van der Waals surface area contributed by atoms with Crippen molar-refractivity contribution < 1.29 is 4.79 Å². The number of hydrogen-bond donors (Lipinski definition) is 1. The second-order valence-corrected chi connectivity index (χ2v) is 4.45. The highest BCUT2D eigenvalue weighted by atomic mass is 16.2. The van der Waals surface area contributed by atoms with Crippen LogP contribution >= 0.6 is 0 Å². The average molecular weight is 184 g/mol. The molecule has 0 radical (unpaired) electrons. The monoisotopic (exact) mass is 184 g/mol. The van der Waals surface area contributed by atoms with Crippen LogP contribution in [0.3, 0.4) is 0 Å². The predicted molar refractivity (Wildman–Crippen MR) is 53.2 cm³/mol. The summed E-state index contributed by atoms with van der Waals surface area (Å²) in [4.78, 5) is 13.6. The van der Waals surface area contributed by atoms with Crippen LogP contribution in [0.2, 0.25) is 0 Å². The Bertz CT molecular complexity index is 191. The van der Waals surface area contributed by atoms with Gasteiger partial charge in [-0.2, -0.15) is 0 Å². The van der Waals surface area contributed by atoms with E-state index in [4.69, 9.17) is 5.73 Å². The second-order valence-electron chi connectivity index (χ2n) is 4.45. The van der Waals surface area contributed by atoms with E-state index in [1.165, 1.54) is 0 Å². The molecule has 1 fully saturated rings. The van der Waals surface area contributed by atoms with E-state index in [1.807, 2.05) is 18.7 Å². The normalized spacial score (nSPS) is 25.3. The van der Waals surface area contributed by atoms with Gasteiger partial charge in [-0.05, 0) is 18.3 Å². The van der Waals surface area contributed by atoms with Crippen molar-refractivity contribution in [3.8, 4) is 0 Å². The molecule has 0 aromatic rings. The van der Waals surface area contributed by atoms with Crippen molar-refractivity contribution in [2.45, 2.75) is 33.2 Å². The molecule has 3 heteroatoms. The maximum absolute atomic E-state index is 11.7. The lowest BCUT2D eigenvalue weighted by Gasteiger charge is -2.22. The third-order valence-corrected chi connectivity index (χ3v) is 2.74. The van der Waals surface area contributed by atoms with Crippen LogP contribution in [-0.2, 0) is 4.79 Å². The van der Waals surface area contributed by atoms with Gasteiger partial charge in [0.05, 0.1) is 6.04 Å². The highest BCUT2D eigenvalue weighted by Crippen LogP contribution is 2.16. The van der Waals surface area contributed by atoms with Gasteiger partial charge < -0.3 is 10.6 Å². The maximum atomic E-state index is 11.7. The van der Waals surface area contributed by atoms with Gasteiger partial charge in [-0.3, -0.25) is 4.79 Å². The Morgan fingerprint density at radius 1 is 1.54 bits per heavy atom. The third-order valence-electron chi connectivity index (χ3n) is 2.74. The van der Waals surface area contributed by atoms with E-state index in [2.05, 4.69) is 6.92 Å². The summed E-state index contributed by atoms with van der Waals surface area (Å²) in [6, 6.07) is -0.315. The lowest BCUT2D eigenvalue weighted by molar-refractivity contribution is -0.132. The Kier molecular flexibility index (Phi) is 3.31. The first-order valence-electron chi connectivity index (χ1n) is 5.06. The van der Waals surface area contributed by atoms with Crippen molar-refractivity contribution in [2.24, 2.45) is 17.6 Å². The molecule has 3 nitrogen and oxygen atoms in total. The molecule has 0 saturated carbocycles. The Labute approximate surface area is 80.3 Å². The van der Waals surface area contributed by atoms with Crippen molar-refractivity contribution in [2.75, 3.05) is 13.1 Å². The molecule has 0 aromatic carbocycles. The average Bonchev–Trinajstić information content (AvgIpc) is 2.49. The van der Waals surface area contributed by atoms with E-state index in [-0.39, 0.29) is 17.9 Å². The van der Waals surface area contributed by atoms with Crippen LogP contribution in [0.25, 0.3) is 0 Å². The molecular weight excluding hydrogens is 164 g/mol. The maximum Gasteiger partial charge on any atom is 0.239 e. The SMILES string of the molecule is CC(C)[C@@H](N)C(=O)N1CC[C@H](C)C1. The summed E-state index contributed by atoms with van der Waals surface area (Å²) in [6.07, 6.45) is 1.12. The number of nitrogens with two attached hydrogens (primary N) is 1. The largest absolute Gasteiger partial charge is 0.341 e. The molecule has 0 unspecified atom stereocenters. The first kappa shape index (κ1) is 10.5. The van der Waals surface area contributed by atoms with E-state index in [0.717, 1.165) is 19.5 Å². The zero-order valence-electron chi connectivity index (χ0n) is 8.79. The number of carbonyl (C=O) groups excluding carboxylic acids is 1. The molecule has 1 aliphatic heterocycles. The molecule has 0 aliphatic carbocycles. The molecule has 13 heavy (non-hydrogen) atoms. The number of carbonyl (C=O) groups is 1. The van der Waals surface area contributed by atoms with Crippen LogP contribution < -0.4 is 5.73 Å². The van der Waals surface area contributed by atoms with Crippen LogP contribution in [0, 0.1) is 11.8 Å². The fourth-order valence-electron chi connectivity index (χ4n) is 1.63. The van der Waals surface area contributed by atoms with Gasteiger partial charge in [0.15, 0.2) is 0 Å². The lowest BCUT2D eigenvalue weighted by Crippen LogP contribution is -2.45. The molecule has 0 aromatic heterocycles. The van der Waals surface area contributed by atoms with Gasteiger partial charge in [0, 0.05) is 13.1 Å². The molecule has 0 bridgehead atoms. The number of likely N-dealkylation sites (tertiary alicyclic amines) is 1. The van der Waals surface area contributed by atoms with E-state index < -0.39 is 0 Å². The standard InChI is InChI=1S/C10H20N2O/c1-7(2)9(11)10(13)12-5-4-8(3)6-12/h7-9H,4-6,11H2,1-3H3/t8-,9+/m0/s1. The van der Waals surface area contributed by atoms with E-state index >= 15 is 0 Å². The van der Waals surface area contributed by atoms with Crippen molar-refractivity contribution >= 4 is 5.91 Å². The molecule has 1 rings (SSSR count). The first-order chi connectivity index (χ1) is 6.02. The van der Waals surface area contributed by atoms with Gasteiger partial charge in [0.1, 0.15) is 0 Å². The minimum absolute atomic E-state index is 0.124. The van der Waals surface area contributed by atoms with Crippen LogP contribution in [-0.4, -0.2) is 29.9 Å². The summed E-state index contributed by atoms with van der Waals surface area (Å²) in [7, 11) is 0. The quantitative estimate of drug-likeness (QED) is 0.691. The highest BCUT2D eigenvalue weighted by molar-refractivity contribution is 5.82. The molecule has 0 spiro atoms. The summed E-state index contributed by atoms with van der Waals surface area (Å²) in [5, 5.41) is 0. The summed E-state index contributed by atoms with van der Waals surface area (Å²) in [6.45, 7) is 7.93. The minimum Gasteiger partial charge on any atom is -0.341 e. The Morgan fingerprint density at radius 2 is 2.15 bits per heavy atom. The van der Waals surface area contributed by atoms with Crippen molar-refractivity contribution in [3.05, 3.63) is 0 Å². The zero-order valence-corrected chi connectivity index (χ0v) is 8.79. The Balaban J connectivity index is 2.48. The summed E-state index contributed by atoms with van der Waals surface area (Å²) in [5.74, 6) is 1.01. The minimum atomic E-state index is -0.315.